The Bertz CT molecular complexity index is 620. The minimum Gasteiger partial charge on any atom is -0.493 e. The van der Waals surface area contributed by atoms with Gasteiger partial charge in [0.15, 0.2) is 17.8 Å². The Kier molecular flexibility index (Phi) is 5.10. The number of carbonyl (C=O) groups excluding carboxylic acids is 2. The summed E-state index contributed by atoms with van der Waals surface area (Å²) in [7, 11) is 1.46. The van der Waals surface area contributed by atoms with Gasteiger partial charge in [0.2, 0.25) is 0 Å². The first kappa shape index (κ1) is 14.8. The number of hydrogen-bond acceptors (Lipinski definition) is 4. The molecule has 0 aliphatic rings. The van der Waals surface area contributed by atoms with Crippen molar-refractivity contribution in [2.45, 2.75) is 12.8 Å². The second kappa shape index (κ2) is 7.24. The van der Waals surface area contributed by atoms with E-state index in [1.807, 2.05) is 30.3 Å². The second-order valence-electron chi connectivity index (χ2n) is 4.46. The van der Waals surface area contributed by atoms with Crippen LogP contribution in [-0.2, 0) is 11.2 Å². The highest BCUT2D eigenvalue weighted by Crippen LogP contribution is 2.30. The molecular weight excluding hydrogens is 268 g/mol. The van der Waals surface area contributed by atoms with Crippen LogP contribution in [0.1, 0.15) is 22.3 Å². The number of hydrogen-bond donors (Lipinski definition) is 0. The van der Waals surface area contributed by atoms with Gasteiger partial charge >= 0.3 is 5.97 Å². The number of aryl methyl sites for hydroxylation is 1. The maximum absolute atomic E-state index is 11.9. The summed E-state index contributed by atoms with van der Waals surface area (Å²) in [6.07, 6.45) is 1.47. The first-order chi connectivity index (χ1) is 10.2. The molecule has 0 unspecified atom stereocenters. The van der Waals surface area contributed by atoms with E-state index in [4.69, 9.17) is 9.47 Å². The van der Waals surface area contributed by atoms with E-state index in [9.17, 15) is 9.59 Å². The normalized spacial score (nSPS) is 9.95. The predicted octanol–water partition coefficient (Wildman–Crippen LogP) is 3.05. The van der Waals surface area contributed by atoms with Crippen LogP contribution in [0.3, 0.4) is 0 Å². The molecule has 4 heteroatoms. The van der Waals surface area contributed by atoms with E-state index < -0.39 is 5.97 Å². The minimum absolute atomic E-state index is 0.174. The summed E-state index contributed by atoms with van der Waals surface area (Å²) in [6.45, 7) is 0. The number of esters is 1. The molecule has 2 aromatic rings. The van der Waals surface area contributed by atoms with Crippen molar-refractivity contribution in [3.8, 4) is 11.5 Å². The van der Waals surface area contributed by atoms with Crippen LogP contribution in [0.4, 0.5) is 0 Å². The summed E-state index contributed by atoms with van der Waals surface area (Å²) < 4.78 is 10.4. The SMILES string of the molecule is COc1cccc(C=O)c1OC(=O)CCc1ccccc1. The van der Waals surface area contributed by atoms with Crippen LogP contribution in [0.5, 0.6) is 11.5 Å². The number of ether oxygens (including phenoxy) is 2. The van der Waals surface area contributed by atoms with Gasteiger partial charge in [-0.15, -0.1) is 0 Å². The average Bonchev–Trinajstić information content (AvgIpc) is 2.54. The summed E-state index contributed by atoms with van der Waals surface area (Å²) in [5.74, 6) is 0.146. The number of methoxy groups -OCH3 is 1. The van der Waals surface area contributed by atoms with E-state index >= 15 is 0 Å². The number of aldehydes is 1. The van der Waals surface area contributed by atoms with Gasteiger partial charge in [-0.3, -0.25) is 9.59 Å². The fraction of sp³-hybridized carbons (Fsp3) is 0.176. The molecule has 0 radical (unpaired) electrons. The van der Waals surface area contributed by atoms with Crippen LogP contribution in [0, 0.1) is 0 Å². The molecule has 0 spiro atoms. The Balaban J connectivity index is 2.04. The van der Waals surface area contributed by atoms with E-state index in [0.717, 1.165) is 5.56 Å². The molecule has 0 amide bonds. The first-order valence-electron chi connectivity index (χ1n) is 6.61. The zero-order valence-electron chi connectivity index (χ0n) is 11.7. The van der Waals surface area contributed by atoms with Crippen LogP contribution in [0.15, 0.2) is 48.5 Å². The highest BCUT2D eigenvalue weighted by molar-refractivity contribution is 5.84. The van der Waals surface area contributed by atoms with Crippen LogP contribution in [0.25, 0.3) is 0 Å². The summed E-state index contributed by atoms with van der Waals surface area (Å²) in [5, 5.41) is 0. The number of rotatable bonds is 6. The molecule has 2 aromatic carbocycles. The van der Waals surface area contributed by atoms with Gasteiger partial charge in [0.25, 0.3) is 0 Å². The lowest BCUT2D eigenvalue weighted by molar-refractivity contribution is -0.134. The van der Waals surface area contributed by atoms with E-state index in [2.05, 4.69) is 0 Å². The van der Waals surface area contributed by atoms with Crippen LogP contribution in [0.2, 0.25) is 0 Å². The quantitative estimate of drug-likeness (QED) is 0.465. The van der Waals surface area contributed by atoms with Crippen molar-refractivity contribution in [2.75, 3.05) is 7.11 Å². The lowest BCUT2D eigenvalue weighted by Crippen LogP contribution is -2.11. The Morgan fingerprint density at radius 1 is 1.10 bits per heavy atom. The zero-order valence-corrected chi connectivity index (χ0v) is 11.7. The standard InChI is InChI=1S/C17H16O4/c1-20-15-9-5-8-14(12-18)17(15)21-16(19)11-10-13-6-3-2-4-7-13/h2-9,12H,10-11H2,1H3. The number of para-hydroxylation sites is 1. The molecule has 0 N–H and O–H groups in total. The van der Waals surface area contributed by atoms with Gasteiger partial charge in [0.1, 0.15) is 0 Å². The van der Waals surface area contributed by atoms with Gasteiger partial charge in [0.05, 0.1) is 12.7 Å². The largest absolute Gasteiger partial charge is 0.493 e. The van der Waals surface area contributed by atoms with E-state index in [1.165, 1.54) is 7.11 Å². The third-order valence-electron chi connectivity index (χ3n) is 3.03. The Morgan fingerprint density at radius 2 is 1.86 bits per heavy atom. The molecule has 0 heterocycles. The van der Waals surface area contributed by atoms with Gasteiger partial charge in [-0.2, -0.15) is 0 Å². The zero-order chi connectivity index (χ0) is 15.1. The molecule has 0 saturated heterocycles. The molecule has 0 aliphatic carbocycles. The van der Waals surface area contributed by atoms with Crippen molar-refractivity contribution < 1.29 is 19.1 Å². The molecule has 108 valence electrons. The van der Waals surface area contributed by atoms with E-state index in [1.54, 1.807) is 18.2 Å². The fourth-order valence-corrected chi connectivity index (χ4v) is 1.95. The topological polar surface area (TPSA) is 52.6 Å². The molecule has 0 bridgehead atoms. The second-order valence-corrected chi connectivity index (χ2v) is 4.46. The number of carbonyl (C=O) groups is 2. The molecule has 4 nitrogen and oxygen atoms in total. The minimum atomic E-state index is -0.397. The molecule has 0 fully saturated rings. The molecular formula is C17H16O4. The van der Waals surface area contributed by atoms with Gasteiger partial charge in [0, 0.05) is 6.42 Å². The molecule has 0 saturated carbocycles. The van der Waals surface area contributed by atoms with Gasteiger partial charge < -0.3 is 9.47 Å². The smallest absolute Gasteiger partial charge is 0.311 e. The molecule has 0 aliphatic heterocycles. The maximum atomic E-state index is 11.9. The van der Waals surface area contributed by atoms with Crippen molar-refractivity contribution >= 4 is 12.3 Å². The number of benzene rings is 2. The first-order valence-corrected chi connectivity index (χ1v) is 6.61. The lowest BCUT2D eigenvalue weighted by Gasteiger charge is -2.11. The summed E-state index contributed by atoms with van der Waals surface area (Å²) in [6, 6.07) is 14.6. The third-order valence-corrected chi connectivity index (χ3v) is 3.03. The van der Waals surface area contributed by atoms with Gasteiger partial charge in [-0.05, 0) is 24.1 Å². The Labute approximate surface area is 123 Å². The molecule has 2 rings (SSSR count). The Morgan fingerprint density at radius 3 is 2.52 bits per heavy atom. The molecule has 0 aromatic heterocycles. The van der Waals surface area contributed by atoms with Crippen molar-refractivity contribution in [3.05, 3.63) is 59.7 Å². The van der Waals surface area contributed by atoms with Gasteiger partial charge in [-0.1, -0.05) is 36.4 Å². The van der Waals surface area contributed by atoms with Crippen LogP contribution >= 0.6 is 0 Å². The van der Waals surface area contributed by atoms with E-state index in [0.29, 0.717) is 24.0 Å². The summed E-state index contributed by atoms with van der Waals surface area (Å²) >= 11 is 0. The highest BCUT2D eigenvalue weighted by Gasteiger charge is 2.14. The van der Waals surface area contributed by atoms with Crippen molar-refractivity contribution in [1.29, 1.82) is 0 Å². The van der Waals surface area contributed by atoms with Gasteiger partial charge in [-0.25, -0.2) is 0 Å². The average molecular weight is 284 g/mol. The molecule has 0 atom stereocenters. The third kappa shape index (κ3) is 3.92. The van der Waals surface area contributed by atoms with Crippen LogP contribution in [-0.4, -0.2) is 19.4 Å². The maximum Gasteiger partial charge on any atom is 0.311 e. The summed E-state index contributed by atoms with van der Waals surface area (Å²) in [4.78, 5) is 22.9. The monoisotopic (exact) mass is 284 g/mol. The van der Waals surface area contributed by atoms with Crippen molar-refractivity contribution in [1.82, 2.24) is 0 Å². The van der Waals surface area contributed by atoms with Crippen molar-refractivity contribution in [2.24, 2.45) is 0 Å². The summed E-state index contributed by atoms with van der Waals surface area (Å²) in [5.41, 5.74) is 1.35. The van der Waals surface area contributed by atoms with Crippen molar-refractivity contribution in [3.63, 3.8) is 0 Å². The predicted molar refractivity (Wildman–Crippen MR) is 78.8 cm³/mol. The highest BCUT2D eigenvalue weighted by atomic mass is 16.6. The van der Waals surface area contributed by atoms with Crippen LogP contribution < -0.4 is 9.47 Å². The van der Waals surface area contributed by atoms with E-state index in [-0.39, 0.29) is 12.2 Å². The lowest BCUT2D eigenvalue weighted by atomic mass is 10.1. The molecule has 21 heavy (non-hydrogen) atoms. The Hall–Kier alpha value is -2.62. The fourth-order valence-electron chi connectivity index (χ4n) is 1.95.